The summed E-state index contributed by atoms with van der Waals surface area (Å²) in [6.45, 7) is 7.15. The molecule has 0 amide bonds. The van der Waals surface area contributed by atoms with Gasteiger partial charge in [-0.25, -0.2) is 0 Å². The zero-order chi connectivity index (χ0) is 13.1. The summed E-state index contributed by atoms with van der Waals surface area (Å²) in [4.78, 5) is 0. The smallest absolute Gasteiger partial charge is 0.0777 e. The minimum absolute atomic E-state index is 0.220. The lowest BCUT2D eigenvalue weighted by Crippen LogP contribution is -2.37. The van der Waals surface area contributed by atoms with Gasteiger partial charge in [-0.05, 0) is 42.9 Å². The molecule has 0 radical (unpaired) electrons. The van der Waals surface area contributed by atoms with Crippen molar-refractivity contribution in [3.63, 3.8) is 0 Å². The third-order valence-corrected chi connectivity index (χ3v) is 4.10. The third kappa shape index (κ3) is 4.57. The van der Waals surface area contributed by atoms with Gasteiger partial charge in [-0.3, -0.25) is 0 Å². The second-order valence-electron chi connectivity index (χ2n) is 6.55. The van der Waals surface area contributed by atoms with E-state index >= 15 is 0 Å². The molecule has 3 nitrogen and oxygen atoms in total. The lowest BCUT2D eigenvalue weighted by atomic mass is 9.67. The molecule has 1 fully saturated rings. The van der Waals surface area contributed by atoms with E-state index in [9.17, 15) is 10.2 Å². The molecule has 1 rings (SSSR count). The number of aliphatic hydroxyl groups excluding tert-OH is 2. The van der Waals surface area contributed by atoms with Gasteiger partial charge in [-0.15, -0.1) is 0 Å². The zero-order valence-corrected chi connectivity index (χ0v) is 11.6. The second-order valence-corrected chi connectivity index (χ2v) is 6.55. The number of aliphatic hydroxyl groups is 2. The first-order valence-electron chi connectivity index (χ1n) is 6.69. The van der Waals surface area contributed by atoms with Crippen molar-refractivity contribution in [2.45, 2.75) is 58.7 Å². The molecule has 0 aromatic rings. The fraction of sp³-hybridized carbons (Fsp3) is 1.00. The average Bonchev–Trinajstić information content (AvgIpc) is 2.20. The molecule has 1 aliphatic carbocycles. The van der Waals surface area contributed by atoms with Crippen LogP contribution in [0.15, 0.2) is 0 Å². The molecular formula is C14H28O3. The van der Waals surface area contributed by atoms with Crippen molar-refractivity contribution in [3.8, 4) is 0 Å². The highest BCUT2D eigenvalue weighted by Crippen LogP contribution is 2.41. The van der Waals surface area contributed by atoms with Gasteiger partial charge in [-0.2, -0.15) is 0 Å². The Morgan fingerprint density at radius 3 is 2.47 bits per heavy atom. The Morgan fingerprint density at radius 1 is 1.29 bits per heavy atom. The molecule has 0 heterocycles. The van der Waals surface area contributed by atoms with Crippen molar-refractivity contribution in [1.29, 1.82) is 0 Å². The van der Waals surface area contributed by atoms with E-state index in [4.69, 9.17) is 4.74 Å². The van der Waals surface area contributed by atoms with E-state index in [-0.39, 0.29) is 12.0 Å². The van der Waals surface area contributed by atoms with Crippen LogP contribution in [-0.2, 0) is 4.74 Å². The molecule has 2 N–H and O–H groups in total. The minimum atomic E-state index is -0.446. The van der Waals surface area contributed by atoms with Crippen molar-refractivity contribution in [2.24, 2.45) is 17.3 Å². The van der Waals surface area contributed by atoms with Crippen LogP contribution in [0.3, 0.4) is 0 Å². The molecule has 102 valence electrons. The van der Waals surface area contributed by atoms with Crippen LogP contribution in [0.5, 0.6) is 0 Å². The lowest BCUT2D eigenvalue weighted by molar-refractivity contribution is -0.0197. The summed E-state index contributed by atoms with van der Waals surface area (Å²) in [5.41, 5.74) is 0.296. The van der Waals surface area contributed by atoms with Gasteiger partial charge in [-0.1, -0.05) is 20.8 Å². The Morgan fingerprint density at radius 2 is 1.94 bits per heavy atom. The molecule has 17 heavy (non-hydrogen) atoms. The van der Waals surface area contributed by atoms with Gasteiger partial charge in [0, 0.05) is 7.11 Å². The summed E-state index contributed by atoms with van der Waals surface area (Å²) >= 11 is 0. The molecule has 0 aromatic heterocycles. The molecule has 0 spiro atoms. The van der Waals surface area contributed by atoms with Crippen LogP contribution in [0.4, 0.5) is 0 Å². The zero-order valence-electron chi connectivity index (χ0n) is 11.6. The maximum Gasteiger partial charge on any atom is 0.0777 e. The summed E-state index contributed by atoms with van der Waals surface area (Å²) in [6.07, 6.45) is 2.94. The van der Waals surface area contributed by atoms with Crippen LogP contribution < -0.4 is 0 Å². The molecule has 3 heteroatoms. The maximum absolute atomic E-state index is 10.0. The van der Waals surface area contributed by atoms with E-state index < -0.39 is 6.10 Å². The first-order chi connectivity index (χ1) is 7.84. The lowest BCUT2D eigenvalue weighted by Gasteiger charge is -2.40. The maximum atomic E-state index is 10.0. The van der Waals surface area contributed by atoms with Gasteiger partial charge >= 0.3 is 0 Å². The van der Waals surface area contributed by atoms with E-state index in [2.05, 4.69) is 20.8 Å². The topological polar surface area (TPSA) is 49.7 Å². The molecule has 0 bridgehead atoms. The summed E-state index contributed by atoms with van der Waals surface area (Å²) < 4.78 is 4.94. The Bertz CT molecular complexity index is 222. The van der Waals surface area contributed by atoms with Crippen LogP contribution in [0, 0.1) is 17.3 Å². The standard InChI is InChI=1S/C14H28O3/c1-14(2,3)11-5-6-13(16)10(7-11)8-12(15)9-17-4/h10-13,15-16H,5-9H2,1-4H3. The Hall–Kier alpha value is -0.120. The first-order valence-corrected chi connectivity index (χ1v) is 6.69. The Kier molecular flexibility index (Phi) is 5.42. The normalized spacial score (nSPS) is 32.5. The second kappa shape index (κ2) is 6.17. The van der Waals surface area contributed by atoms with E-state index in [1.807, 2.05) is 0 Å². The van der Waals surface area contributed by atoms with Crippen LogP contribution in [0.1, 0.15) is 46.5 Å². The highest BCUT2D eigenvalue weighted by atomic mass is 16.5. The summed E-state index contributed by atoms with van der Waals surface area (Å²) in [5.74, 6) is 0.865. The van der Waals surface area contributed by atoms with Gasteiger partial charge < -0.3 is 14.9 Å². The molecule has 1 saturated carbocycles. The van der Waals surface area contributed by atoms with Gasteiger partial charge in [0.2, 0.25) is 0 Å². The van der Waals surface area contributed by atoms with Gasteiger partial charge in [0.1, 0.15) is 0 Å². The summed E-state index contributed by atoms with van der Waals surface area (Å²) in [7, 11) is 1.60. The van der Waals surface area contributed by atoms with E-state index in [0.29, 0.717) is 24.4 Å². The summed E-state index contributed by atoms with van der Waals surface area (Å²) in [6, 6.07) is 0. The molecule has 0 aromatic carbocycles. The molecule has 1 aliphatic rings. The van der Waals surface area contributed by atoms with Crippen LogP contribution in [0.25, 0.3) is 0 Å². The fourth-order valence-electron chi connectivity index (χ4n) is 2.90. The number of ether oxygens (including phenoxy) is 1. The molecule has 0 aliphatic heterocycles. The highest BCUT2D eigenvalue weighted by Gasteiger charge is 2.35. The summed E-state index contributed by atoms with van der Waals surface area (Å²) in [5, 5.41) is 19.8. The van der Waals surface area contributed by atoms with Crippen molar-refractivity contribution in [1.82, 2.24) is 0 Å². The predicted octanol–water partition coefficient (Wildman–Crippen LogP) is 2.21. The fourth-order valence-corrected chi connectivity index (χ4v) is 2.90. The van der Waals surface area contributed by atoms with Gasteiger partial charge in [0.25, 0.3) is 0 Å². The van der Waals surface area contributed by atoms with Crippen molar-refractivity contribution in [2.75, 3.05) is 13.7 Å². The predicted molar refractivity (Wildman–Crippen MR) is 68.8 cm³/mol. The monoisotopic (exact) mass is 244 g/mol. The third-order valence-electron chi connectivity index (χ3n) is 4.10. The number of rotatable bonds is 4. The minimum Gasteiger partial charge on any atom is -0.393 e. The van der Waals surface area contributed by atoms with Crippen LogP contribution in [-0.4, -0.2) is 36.1 Å². The van der Waals surface area contributed by atoms with Crippen molar-refractivity contribution >= 4 is 0 Å². The average molecular weight is 244 g/mol. The van der Waals surface area contributed by atoms with Crippen molar-refractivity contribution in [3.05, 3.63) is 0 Å². The number of hydrogen-bond acceptors (Lipinski definition) is 3. The Labute approximate surface area is 105 Å². The number of hydrogen-bond donors (Lipinski definition) is 2. The SMILES string of the molecule is COCC(O)CC1CC(C(C)(C)C)CCC1O. The van der Waals surface area contributed by atoms with Crippen LogP contribution in [0.2, 0.25) is 0 Å². The molecule has 4 unspecified atom stereocenters. The van der Waals surface area contributed by atoms with E-state index in [1.54, 1.807) is 7.11 Å². The number of methoxy groups -OCH3 is 1. The van der Waals surface area contributed by atoms with Crippen molar-refractivity contribution < 1.29 is 14.9 Å². The quantitative estimate of drug-likeness (QED) is 0.797. The van der Waals surface area contributed by atoms with Gasteiger partial charge in [0.15, 0.2) is 0 Å². The molecule has 4 atom stereocenters. The van der Waals surface area contributed by atoms with Gasteiger partial charge in [0.05, 0.1) is 18.8 Å². The first kappa shape index (κ1) is 14.9. The Balaban J connectivity index is 2.52. The molecule has 0 saturated heterocycles. The largest absolute Gasteiger partial charge is 0.393 e. The molecular weight excluding hydrogens is 216 g/mol. The van der Waals surface area contributed by atoms with Crippen LogP contribution >= 0.6 is 0 Å². The highest BCUT2D eigenvalue weighted by molar-refractivity contribution is 4.86. The van der Waals surface area contributed by atoms with E-state index in [1.165, 1.54) is 0 Å². The van der Waals surface area contributed by atoms with E-state index in [0.717, 1.165) is 19.3 Å².